The van der Waals surface area contributed by atoms with Crippen LogP contribution in [0.25, 0.3) is 0 Å². The van der Waals surface area contributed by atoms with Gasteiger partial charge in [0.2, 0.25) is 0 Å². The topological polar surface area (TPSA) is 90.9 Å². The number of benzene rings is 2. The number of amides is 1. The van der Waals surface area contributed by atoms with E-state index in [9.17, 15) is 14.4 Å². The minimum absolute atomic E-state index is 0.0107. The number of aryl methyl sites for hydroxylation is 1. The molecule has 0 unspecified atom stereocenters. The number of Topliss-reactive ketones (excluding diaryl/α,β-unsaturated/α-hetero) is 2. The molecule has 2 aromatic rings. The summed E-state index contributed by atoms with van der Waals surface area (Å²) in [6, 6.07) is 13.0. The van der Waals surface area contributed by atoms with Gasteiger partial charge in [-0.05, 0) is 60.1 Å². The molecule has 0 spiro atoms. The Hall–Kier alpha value is -3.87. The van der Waals surface area contributed by atoms with Crippen LogP contribution in [-0.2, 0) is 19.1 Å². The number of ether oxygens (including phenoxy) is 3. The quantitative estimate of drug-likeness (QED) is 0.402. The first-order chi connectivity index (χ1) is 19.4. The average molecular weight is 558 g/mol. The molecule has 7 heteroatoms. The van der Waals surface area contributed by atoms with Crippen molar-refractivity contribution in [1.29, 1.82) is 0 Å². The minimum atomic E-state index is -0.529. The highest BCUT2D eigenvalue weighted by Gasteiger charge is 2.48. The van der Waals surface area contributed by atoms with Gasteiger partial charge in [-0.3, -0.25) is 14.4 Å². The van der Waals surface area contributed by atoms with Crippen LogP contribution in [0.3, 0.4) is 0 Å². The fourth-order valence-electron chi connectivity index (χ4n) is 6.16. The molecule has 1 amide bonds. The Bertz CT molecular complexity index is 1430. The van der Waals surface area contributed by atoms with Gasteiger partial charge in [0.25, 0.3) is 5.91 Å². The largest absolute Gasteiger partial charge is 0.490 e. The molecule has 0 bridgehead atoms. The molecule has 3 aliphatic rings. The highest BCUT2D eigenvalue weighted by atomic mass is 16.5. The first-order valence-electron chi connectivity index (χ1n) is 14.3. The molecule has 2 aliphatic carbocycles. The molecule has 2 aromatic carbocycles. The number of carbonyl (C=O) groups is 3. The maximum Gasteiger partial charge on any atom is 0.262 e. The summed E-state index contributed by atoms with van der Waals surface area (Å²) in [5, 5.41) is 2.85. The molecule has 7 nitrogen and oxygen atoms in total. The lowest BCUT2D eigenvalue weighted by molar-refractivity contribution is -0.120. The lowest BCUT2D eigenvalue weighted by atomic mass is 9.65. The SMILES string of the molecule is CCOc1cc(C2C3=C(CC(C)(C)CC3=O)OC3=C2C(=O)CC(C)(C)C3)ccc1OCC(=O)Nc1cccc(C)c1. The van der Waals surface area contributed by atoms with E-state index in [4.69, 9.17) is 14.2 Å². The zero-order valence-electron chi connectivity index (χ0n) is 24.8. The predicted octanol–water partition coefficient (Wildman–Crippen LogP) is 6.81. The summed E-state index contributed by atoms with van der Waals surface area (Å²) in [4.78, 5) is 39.8. The van der Waals surface area contributed by atoms with Crippen LogP contribution in [0.4, 0.5) is 5.69 Å². The van der Waals surface area contributed by atoms with Crippen molar-refractivity contribution in [3.05, 3.63) is 76.3 Å². The first-order valence-corrected chi connectivity index (χ1v) is 14.3. The summed E-state index contributed by atoms with van der Waals surface area (Å²) in [5.41, 5.74) is 3.22. The van der Waals surface area contributed by atoms with Gasteiger partial charge in [0.05, 0.1) is 6.61 Å². The molecule has 216 valence electrons. The molecule has 5 rings (SSSR count). The number of hydrogen-bond donors (Lipinski definition) is 1. The molecule has 0 saturated heterocycles. The monoisotopic (exact) mass is 557 g/mol. The Morgan fingerprint density at radius 2 is 1.51 bits per heavy atom. The van der Waals surface area contributed by atoms with Gasteiger partial charge in [0.1, 0.15) is 11.5 Å². The molecule has 0 aromatic heterocycles. The van der Waals surface area contributed by atoms with Crippen molar-refractivity contribution in [3.63, 3.8) is 0 Å². The molecule has 1 aliphatic heterocycles. The Kier molecular flexibility index (Phi) is 7.58. The number of rotatable bonds is 7. The van der Waals surface area contributed by atoms with E-state index in [0.717, 1.165) is 11.1 Å². The summed E-state index contributed by atoms with van der Waals surface area (Å²) in [6.45, 7) is 12.3. The van der Waals surface area contributed by atoms with Crippen molar-refractivity contribution in [2.24, 2.45) is 10.8 Å². The number of hydrogen-bond acceptors (Lipinski definition) is 6. The van der Waals surface area contributed by atoms with Gasteiger partial charge in [-0.2, -0.15) is 0 Å². The predicted molar refractivity (Wildman–Crippen MR) is 157 cm³/mol. The normalized spacial score (nSPS) is 19.8. The van der Waals surface area contributed by atoms with Gasteiger partial charge in [0.15, 0.2) is 29.7 Å². The van der Waals surface area contributed by atoms with E-state index in [2.05, 4.69) is 33.0 Å². The maximum atomic E-state index is 13.6. The Morgan fingerprint density at radius 3 is 2.10 bits per heavy atom. The summed E-state index contributed by atoms with van der Waals surface area (Å²) >= 11 is 0. The van der Waals surface area contributed by atoms with E-state index in [1.807, 2.05) is 50.2 Å². The highest BCUT2D eigenvalue weighted by Crippen LogP contribution is 2.53. The van der Waals surface area contributed by atoms with E-state index >= 15 is 0 Å². The number of nitrogens with one attached hydrogen (secondary N) is 1. The highest BCUT2D eigenvalue weighted by molar-refractivity contribution is 6.06. The molecule has 0 radical (unpaired) electrons. The summed E-state index contributed by atoms with van der Waals surface area (Å²) in [6.07, 6.45) is 2.05. The third-order valence-electron chi connectivity index (χ3n) is 7.84. The van der Waals surface area contributed by atoms with Crippen molar-refractivity contribution in [2.45, 2.75) is 73.1 Å². The van der Waals surface area contributed by atoms with E-state index in [1.54, 1.807) is 6.07 Å². The van der Waals surface area contributed by atoms with Crippen LogP contribution < -0.4 is 14.8 Å². The van der Waals surface area contributed by atoms with E-state index in [0.29, 0.717) is 72.1 Å². The van der Waals surface area contributed by atoms with Crippen LogP contribution in [0.1, 0.15) is 77.3 Å². The number of anilines is 1. The molecule has 0 saturated carbocycles. The Balaban J connectivity index is 1.48. The van der Waals surface area contributed by atoms with Crippen LogP contribution in [0.15, 0.2) is 65.1 Å². The van der Waals surface area contributed by atoms with E-state index < -0.39 is 5.92 Å². The molecule has 1 heterocycles. The van der Waals surface area contributed by atoms with Gasteiger partial charge >= 0.3 is 0 Å². The smallest absolute Gasteiger partial charge is 0.262 e. The van der Waals surface area contributed by atoms with Gasteiger partial charge in [-0.1, -0.05) is 45.9 Å². The van der Waals surface area contributed by atoms with Gasteiger partial charge < -0.3 is 19.5 Å². The second-order valence-electron chi connectivity index (χ2n) is 12.9. The molecule has 0 fully saturated rings. The van der Waals surface area contributed by atoms with E-state index in [1.165, 1.54) is 0 Å². The van der Waals surface area contributed by atoms with Gasteiger partial charge in [-0.15, -0.1) is 0 Å². The van der Waals surface area contributed by atoms with Crippen LogP contribution in [-0.4, -0.2) is 30.7 Å². The van der Waals surface area contributed by atoms with Crippen molar-refractivity contribution < 1.29 is 28.6 Å². The first kappa shape index (κ1) is 28.7. The van der Waals surface area contributed by atoms with Crippen LogP contribution in [0, 0.1) is 17.8 Å². The lowest BCUT2D eigenvalue weighted by Crippen LogP contribution is -2.37. The fraction of sp³-hybridized carbons (Fsp3) is 0.441. The Labute approximate surface area is 241 Å². The standard InChI is InChI=1S/C34H39NO6/c1-7-39-26-14-21(11-12-25(26)40-19-29(38)35-22-10-8-9-20(2)13-22)30-31-23(36)15-33(3,4)17-27(31)41-28-18-34(5,6)16-24(37)32(28)30/h8-14,30H,7,15-19H2,1-6H3,(H,35,38). The van der Waals surface area contributed by atoms with Crippen LogP contribution >= 0.6 is 0 Å². The third kappa shape index (κ3) is 6.09. The summed E-state index contributed by atoms with van der Waals surface area (Å²) in [7, 11) is 0. The van der Waals surface area contributed by atoms with Crippen molar-refractivity contribution in [3.8, 4) is 11.5 Å². The molecule has 41 heavy (non-hydrogen) atoms. The average Bonchev–Trinajstić information content (AvgIpc) is 2.85. The van der Waals surface area contributed by atoms with E-state index in [-0.39, 0.29) is 34.9 Å². The van der Waals surface area contributed by atoms with Crippen molar-refractivity contribution in [2.75, 3.05) is 18.5 Å². The minimum Gasteiger partial charge on any atom is -0.490 e. The number of allylic oxidation sites excluding steroid dienone is 4. The molecular formula is C34H39NO6. The molecule has 0 atom stereocenters. The van der Waals surface area contributed by atoms with Gasteiger partial charge in [-0.25, -0.2) is 0 Å². The second kappa shape index (κ2) is 10.8. The fourth-order valence-corrected chi connectivity index (χ4v) is 6.16. The third-order valence-corrected chi connectivity index (χ3v) is 7.84. The molecule has 1 N–H and O–H groups in total. The summed E-state index contributed by atoms with van der Waals surface area (Å²) < 4.78 is 18.2. The molecular weight excluding hydrogens is 518 g/mol. The summed E-state index contributed by atoms with van der Waals surface area (Å²) in [5.74, 6) is 1.42. The number of ketones is 2. The van der Waals surface area contributed by atoms with Crippen LogP contribution in [0.5, 0.6) is 11.5 Å². The van der Waals surface area contributed by atoms with Crippen LogP contribution in [0.2, 0.25) is 0 Å². The zero-order valence-corrected chi connectivity index (χ0v) is 24.8. The van der Waals surface area contributed by atoms with Crippen molar-refractivity contribution in [1.82, 2.24) is 0 Å². The number of carbonyl (C=O) groups excluding carboxylic acids is 3. The van der Waals surface area contributed by atoms with Crippen molar-refractivity contribution >= 4 is 23.2 Å². The maximum absolute atomic E-state index is 13.6. The van der Waals surface area contributed by atoms with Gasteiger partial charge in [0, 0.05) is 48.4 Å². The second-order valence-corrected chi connectivity index (χ2v) is 12.9. The zero-order chi connectivity index (χ0) is 29.5. The Morgan fingerprint density at radius 1 is 0.878 bits per heavy atom. The lowest BCUT2D eigenvalue weighted by Gasteiger charge is -2.42.